The van der Waals surface area contributed by atoms with E-state index in [1.165, 1.54) is 31.0 Å². The highest BCUT2D eigenvalue weighted by Gasteiger charge is 2.25. The number of aryl methyl sites for hydroxylation is 1. The van der Waals surface area contributed by atoms with Crippen LogP contribution in [0.3, 0.4) is 0 Å². The topological polar surface area (TPSA) is 59.8 Å². The second-order valence-electron chi connectivity index (χ2n) is 7.85. The molecule has 0 spiro atoms. The minimum absolute atomic E-state index is 0.0285. The molecule has 1 aliphatic carbocycles. The van der Waals surface area contributed by atoms with E-state index in [1.54, 1.807) is 0 Å². The molecule has 1 aliphatic rings. The lowest BCUT2D eigenvalue weighted by Crippen LogP contribution is -2.24. The van der Waals surface area contributed by atoms with Gasteiger partial charge in [0.15, 0.2) is 5.16 Å². The summed E-state index contributed by atoms with van der Waals surface area (Å²) in [5, 5.41) is 12.4. The molecule has 0 saturated heterocycles. The highest BCUT2D eigenvalue weighted by molar-refractivity contribution is 8.00. The Morgan fingerprint density at radius 1 is 1.03 bits per heavy atom. The molecule has 4 rings (SSSR count). The average molecular weight is 421 g/mol. The molecule has 1 N–H and O–H groups in total. The third-order valence-corrected chi connectivity index (χ3v) is 6.75. The number of thioether (sulfide) groups is 1. The van der Waals surface area contributed by atoms with Crippen molar-refractivity contribution in [2.24, 2.45) is 0 Å². The van der Waals surface area contributed by atoms with Crippen LogP contribution >= 0.6 is 11.8 Å². The highest BCUT2D eigenvalue weighted by atomic mass is 32.2. The maximum absolute atomic E-state index is 13.0. The molecule has 0 aliphatic heterocycles. The first-order valence-corrected chi connectivity index (χ1v) is 11.5. The molecule has 3 aromatic rings. The fourth-order valence-corrected chi connectivity index (χ4v) is 5.06. The Morgan fingerprint density at radius 2 is 1.73 bits per heavy atom. The molecular weight excluding hydrogens is 392 g/mol. The van der Waals surface area contributed by atoms with Gasteiger partial charge in [-0.15, -0.1) is 10.2 Å². The SMILES string of the molecule is Cc1nnc(S[C@@H](C)C(=O)Nc2ccccc2-c2ccccc2)n1C1CCCCC1. The van der Waals surface area contributed by atoms with Gasteiger partial charge in [0.2, 0.25) is 5.91 Å². The number of para-hydroxylation sites is 1. The molecule has 0 unspecified atom stereocenters. The third kappa shape index (κ3) is 4.59. The van der Waals surface area contributed by atoms with Gasteiger partial charge in [0.25, 0.3) is 0 Å². The van der Waals surface area contributed by atoms with Crippen LogP contribution in [0.1, 0.15) is 50.9 Å². The molecular formula is C24H28N4OS. The highest BCUT2D eigenvalue weighted by Crippen LogP contribution is 2.34. The number of hydrogen-bond acceptors (Lipinski definition) is 4. The smallest absolute Gasteiger partial charge is 0.237 e. The van der Waals surface area contributed by atoms with Gasteiger partial charge in [0.1, 0.15) is 5.82 Å². The Balaban J connectivity index is 1.49. The van der Waals surface area contributed by atoms with Gasteiger partial charge in [0, 0.05) is 17.3 Å². The Hall–Kier alpha value is -2.60. The summed E-state index contributed by atoms with van der Waals surface area (Å²) in [6, 6.07) is 18.5. The number of carbonyl (C=O) groups excluding carboxylic acids is 1. The second kappa shape index (κ2) is 9.47. The van der Waals surface area contributed by atoms with E-state index in [0.717, 1.165) is 40.6 Å². The predicted molar refractivity (Wildman–Crippen MR) is 123 cm³/mol. The Bertz CT molecular complexity index is 995. The number of aromatic nitrogens is 3. The fourth-order valence-electron chi connectivity index (χ4n) is 4.10. The van der Waals surface area contributed by atoms with Crippen LogP contribution in [0.4, 0.5) is 5.69 Å². The Labute approximate surface area is 182 Å². The molecule has 1 saturated carbocycles. The maximum atomic E-state index is 13.0. The van der Waals surface area contributed by atoms with Gasteiger partial charge in [0.05, 0.1) is 5.25 Å². The molecule has 1 heterocycles. The zero-order chi connectivity index (χ0) is 20.9. The summed E-state index contributed by atoms with van der Waals surface area (Å²) in [6.45, 7) is 3.94. The van der Waals surface area contributed by atoms with Gasteiger partial charge in [-0.25, -0.2) is 0 Å². The molecule has 30 heavy (non-hydrogen) atoms. The van der Waals surface area contributed by atoms with Gasteiger partial charge >= 0.3 is 0 Å². The zero-order valence-corrected chi connectivity index (χ0v) is 18.4. The molecule has 5 nitrogen and oxygen atoms in total. The lowest BCUT2D eigenvalue weighted by Gasteiger charge is -2.25. The Morgan fingerprint density at radius 3 is 2.50 bits per heavy atom. The summed E-state index contributed by atoms with van der Waals surface area (Å²) in [6.07, 6.45) is 6.13. The maximum Gasteiger partial charge on any atom is 0.237 e. The van der Waals surface area contributed by atoms with Gasteiger partial charge in [-0.3, -0.25) is 4.79 Å². The van der Waals surface area contributed by atoms with E-state index in [2.05, 4.69) is 32.2 Å². The number of hydrogen-bond donors (Lipinski definition) is 1. The van der Waals surface area contributed by atoms with Crippen LogP contribution in [0.5, 0.6) is 0 Å². The van der Waals surface area contributed by atoms with Crippen molar-refractivity contribution in [2.45, 2.75) is 62.4 Å². The third-order valence-electron chi connectivity index (χ3n) is 5.70. The van der Waals surface area contributed by atoms with E-state index in [1.807, 2.05) is 56.3 Å². The monoisotopic (exact) mass is 420 g/mol. The number of rotatable bonds is 6. The van der Waals surface area contributed by atoms with Crippen molar-refractivity contribution in [3.8, 4) is 11.1 Å². The van der Waals surface area contributed by atoms with Crippen molar-refractivity contribution in [2.75, 3.05) is 5.32 Å². The number of amides is 1. The van der Waals surface area contributed by atoms with Crippen molar-refractivity contribution >= 4 is 23.4 Å². The number of nitrogens with one attached hydrogen (secondary N) is 1. The quantitative estimate of drug-likeness (QED) is 0.506. The average Bonchev–Trinajstić information content (AvgIpc) is 3.15. The molecule has 1 atom stereocenters. The second-order valence-corrected chi connectivity index (χ2v) is 9.16. The molecule has 1 fully saturated rings. The van der Waals surface area contributed by atoms with Gasteiger partial charge in [-0.2, -0.15) is 0 Å². The fraction of sp³-hybridized carbons (Fsp3) is 0.375. The summed E-state index contributed by atoms with van der Waals surface area (Å²) < 4.78 is 2.24. The molecule has 156 valence electrons. The minimum Gasteiger partial charge on any atom is -0.325 e. The van der Waals surface area contributed by atoms with Gasteiger partial charge in [-0.1, -0.05) is 79.6 Å². The normalized spacial score (nSPS) is 15.7. The Kier molecular flexibility index (Phi) is 6.53. The molecule has 1 aromatic heterocycles. The van der Waals surface area contributed by atoms with Crippen LogP contribution in [0, 0.1) is 6.92 Å². The first kappa shape index (κ1) is 20.7. The lowest BCUT2D eigenvalue weighted by molar-refractivity contribution is -0.115. The molecule has 6 heteroatoms. The van der Waals surface area contributed by atoms with E-state index in [9.17, 15) is 4.79 Å². The minimum atomic E-state index is -0.278. The van der Waals surface area contributed by atoms with E-state index in [4.69, 9.17) is 0 Å². The summed E-state index contributed by atoms with van der Waals surface area (Å²) in [5.41, 5.74) is 2.93. The summed E-state index contributed by atoms with van der Waals surface area (Å²) in [7, 11) is 0. The molecule has 0 bridgehead atoms. The van der Waals surface area contributed by atoms with Crippen LogP contribution in [-0.4, -0.2) is 25.9 Å². The van der Waals surface area contributed by atoms with Crippen LogP contribution in [0.2, 0.25) is 0 Å². The number of carbonyl (C=O) groups is 1. The largest absolute Gasteiger partial charge is 0.325 e. The van der Waals surface area contributed by atoms with Crippen molar-refractivity contribution in [3.63, 3.8) is 0 Å². The summed E-state index contributed by atoms with van der Waals surface area (Å²) in [4.78, 5) is 13.0. The van der Waals surface area contributed by atoms with E-state index < -0.39 is 0 Å². The standard InChI is InChI=1S/C24H28N4OS/c1-17(30-24-27-26-18(2)28(24)20-13-7-4-8-14-20)23(29)25-22-16-10-9-15-21(22)19-11-5-3-6-12-19/h3,5-6,9-12,15-17,20H,4,7-8,13-14H2,1-2H3,(H,25,29)/t17-/m0/s1. The van der Waals surface area contributed by atoms with Crippen LogP contribution in [0.15, 0.2) is 59.8 Å². The van der Waals surface area contributed by atoms with E-state index >= 15 is 0 Å². The van der Waals surface area contributed by atoms with Crippen molar-refractivity contribution in [1.29, 1.82) is 0 Å². The number of benzene rings is 2. The predicted octanol–water partition coefficient (Wildman–Crippen LogP) is 5.88. The summed E-state index contributed by atoms with van der Waals surface area (Å²) in [5.74, 6) is 0.908. The van der Waals surface area contributed by atoms with Gasteiger partial charge in [-0.05, 0) is 38.3 Å². The van der Waals surface area contributed by atoms with Crippen LogP contribution in [0.25, 0.3) is 11.1 Å². The molecule has 1 amide bonds. The molecule has 0 radical (unpaired) electrons. The van der Waals surface area contributed by atoms with Crippen molar-refractivity contribution in [1.82, 2.24) is 14.8 Å². The molecule has 2 aromatic carbocycles. The van der Waals surface area contributed by atoms with Crippen LogP contribution in [-0.2, 0) is 4.79 Å². The van der Waals surface area contributed by atoms with Crippen molar-refractivity contribution in [3.05, 3.63) is 60.4 Å². The summed E-state index contributed by atoms with van der Waals surface area (Å²) >= 11 is 1.49. The van der Waals surface area contributed by atoms with Gasteiger partial charge < -0.3 is 9.88 Å². The first-order valence-electron chi connectivity index (χ1n) is 10.7. The van der Waals surface area contributed by atoms with Crippen molar-refractivity contribution < 1.29 is 4.79 Å². The number of nitrogens with zero attached hydrogens (tertiary/aromatic N) is 3. The zero-order valence-electron chi connectivity index (χ0n) is 17.5. The lowest BCUT2D eigenvalue weighted by atomic mass is 9.95. The van der Waals surface area contributed by atoms with E-state index in [0.29, 0.717) is 6.04 Å². The van der Waals surface area contributed by atoms with E-state index in [-0.39, 0.29) is 11.2 Å². The number of anilines is 1. The first-order chi connectivity index (χ1) is 14.6. The van der Waals surface area contributed by atoms with Crippen LogP contribution < -0.4 is 5.32 Å².